The highest BCUT2D eigenvalue weighted by Crippen LogP contribution is 2.40. The van der Waals surface area contributed by atoms with Crippen molar-refractivity contribution in [1.29, 1.82) is 0 Å². The van der Waals surface area contributed by atoms with Crippen LogP contribution in [0, 0.1) is 11.8 Å². The van der Waals surface area contributed by atoms with E-state index in [-0.39, 0.29) is 17.9 Å². The molecule has 1 heterocycles. The number of nitrogens with two attached hydrogens (primary N) is 1. The zero-order valence-electron chi connectivity index (χ0n) is 12.8. The fourth-order valence-electron chi connectivity index (χ4n) is 4.06. The monoisotopic (exact) mass is 340 g/mol. The molecule has 5 heteroatoms. The number of nitrogens with zero attached hydrogens (tertiary/aromatic N) is 1. The van der Waals surface area contributed by atoms with E-state index in [4.69, 9.17) is 28.9 Å². The molecule has 0 bridgehead atoms. The second-order valence-corrected chi connectivity index (χ2v) is 7.29. The SMILES string of the molecule is CC1c2c(Cl)cc(Cl)cc2CCN1C(=O)[C@@H]1CCC[C@@H]1CN. The summed E-state index contributed by atoms with van der Waals surface area (Å²) in [4.78, 5) is 15.0. The minimum absolute atomic E-state index is 0.0000381. The molecule has 22 heavy (non-hydrogen) atoms. The Bertz CT molecular complexity index is 590. The van der Waals surface area contributed by atoms with Crippen LogP contribution in [0.2, 0.25) is 10.0 Å². The highest BCUT2D eigenvalue weighted by molar-refractivity contribution is 6.35. The van der Waals surface area contributed by atoms with Crippen molar-refractivity contribution in [1.82, 2.24) is 4.90 Å². The topological polar surface area (TPSA) is 46.3 Å². The first-order valence-corrected chi connectivity index (χ1v) is 8.77. The van der Waals surface area contributed by atoms with Gasteiger partial charge in [-0.05, 0) is 61.9 Å². The Labute approximate surface area is 141 Å². The molecule has 1 saturated carbocycles. The van der Waals surface area contributed by atoms with E-state index in [0.717, 1.165) is 43.4 Å². The van der Waals surface area contributed by atoms with E-state index < -0.39 is 0 Å². The van der Waals surface area contributed by atoms with E-state index in [0.29, 0.717) is 22.5 Å². The maximum Gasteiger partial charge on any atom is 0.226 e. The van der Waals surface area contributed by atoms with Crippen molar-refractivity contribution in [2.24, 2.45) is 17.6 Å². The normalized spacial score (nSPS) is 27.8. The maximum absolute atomic E-state index is 13.0. The van der Waals surface area contributed by atoms with Gasteiger partial charge in [-0.2, -0.15) is 0 Å². The van der Waals surface area contributed by atoms with Crippen LogP contribution in [0.1, 0.15) is 43.4 Å². The lowest BCUT2D eigenvalue weighted by Gasteiger charge is -2.38. The third-order valence-corrected chi connectivity index (χ3v) is 5.78. The van der Waals surface area contributed by atoms with Crippen LogP contribution < -0.4 is 5.73 Å². The predicted molar refractivity (Wildman–Crippen MR) is 90.2 cm³/mol. The summed E-state index contributed by atoms with van der Waals surface area (Å²) in [5.41, 5.74) is 8.05. The van der Waals surface area contributed by atoms with E-state index in [1.54, 1.807) is 6.07 Å². The van der Waals surface area contributed by atoms with Crippen molar-refractivity contribution < 1.29 is 4.79 Å². The van der Waals surface area contributed by atoms with Crippen LogP contribution in [-0.2, 0) is 11.2 Å². The Balaban J connectivity index is 1.86. The third kappa shape index (κ3) is 2.75. The van der Waals surface area contributed by atoms with Gasteiger partial charge in [0.05, 0.1) is 6.04 Å². The molecular formula is C17H22Cl2N2O. The molecule has 0 radical (unpaired) electrons. The van der Waals surface area contributed by atoms with Crippen LogP contribution in [0.4, 0.5) is 0 Å². The minimum Gasteiger partial charge on any atom is -0.335 e. The van der Waals surface area contributed by atoms with Crippen molar-refractivity contribution in [3.63, 3.8) is 0 Å². The first-order valence-electron chi connectivity index (χ1n) is 8.01. The molecule has 1 unspecified atom stereocenters. The van der Waals surface area contributed by atoms with Crippen molar-refractivity contribution in [3.8, 4) is 0 Å². The number of benzene rings is 1. The van der Waals surface area contributed by atoms with Crippen LogP contribution in [-0.4, -0.2) is 23.9 Å². The Morgan fingerprint density at radius 3 is 2.86 bits per heavy atom. The number of fused-ring (bicyclic) bond motifs is 1. The van der Waals surface area contributed by atoms with Gasteiger partial charge in [-0.25, -0.2) is 0 Å². The summed E-state index contributed by atoms with van der Waals surface area (Å²) < 4.78 is 0. The number of hydrogen-bond donors (Lipinski definition) is 1. The van der Waals surface area contributed by atoms with Gasteiger partial charge in [0.25, 0.3) is 0 Å². The Kier molecular flexibility index (Phi) is 4.67. The van der Waals surface area contributed by atoms with Gasteiger partial charge in [0.15, 0.2) is 0 Å². The molecule has 2 N–H and O–H groups in total. The number of carbonyl (C=O) groups is 1. The molecule has 1 fully saturated rings. The van der Waals surface area contributed by atoms with Gasteiger partial charge in [-0.15, -0.1) is 0 Å². The maximum atomic E-state index is 13.0. The van der Waals surface area contributed by atoms with Crippen LogP contribution in [0.3, 0.4) is 0 Å². The first kappa shape index (κ1) is 16.1. The van der Waals surface area contributed by atoms with Crippen LogP contribution in [0.5, 0.6) is 0 Å². The van der Waals surface area contributed by atoms with Crippen molar-refractivity contribution in [3.05, 3.63) is 33.3 Å². The van der Waals surface area contributed by atoms with E-state index in [1.807, 2.05) is 11.0 Å². The van der Waals surface area contributed by atoms with Crippen molar-refractivity contribution in [2.45, 2.75) is 38.6 Å². The largest absolute Gasteiger partial charge is 0.335 e. The van der Waals surface area contributed by atoms with E-state index >= 15 is 0 Å². The molecular weight excluding hydrogens is 319 g/mol. The van der Waals surface area contributed by atoms with Gasteiger partial charge in [-0.1, -0.05) is 29.6 Å². The molecule has 0 aromatic heterocycles. The number of amides is 1. The second-order valence-electron chi connectivity index (χ2n) is 6.45. The number of rotatable bonds is 2. The van der Waals surface area contributed by atoms with Gasteiger partial charge in [-0.3, -0.25) is 4.79 Å². The van der Waals surface area contributed by atoms with Gasteiger partial charge < -0.3 is 10.6 Å². The molecule has 1 aliphatic carbocycles. The average molecular weight is 341 g/mol. The Hall–Kier alpha value is -0.770. The third-order valence-electron chi connectivity index (χ3n) is 5.25. The van der Waals surface area contributed by atoms with E-state index in [2.05, 4.69) is 6.92 Å². The lowest BCUT2D eigenvalue weighted by Crippen LogP contribution is -2.44. The standard InChI is InChI=1S/C17H22Cl2N2O/c1-10-16-11(7-13(18)8-15(16)19)5-6-21(10)17(22)14-4-2-3-12(14)9-20/h7-8,10,12,14H,2-6,9,20H2,1H3/t10?,12-,14-/m1/s1. The van der Waals surface area contributed by atoms with Crippen molar-refractivity contribution >= 4 is 29.1 Å². The molecule has 1 aromatic carbocycles. The number of carbonyl (C=O) groups excluding carboxylic acids is 1. The van der Waals surface area contributed by atoms with E-state index in [9.17, 15) is 4.79 Å². The Morgan fingerprint density at radius 1 is 1.36 bits per heavy atom. The summed E-state index contributed by atoms with van der Waals surface area (Å²) in [6.07, 6.45) is 3.95. The molecule has 0 spiro atoms. The molecule has 1 aromatic rings. The quantitative estimate of drug-likeness (QED) is 0.889. The lowest BCUT2D eigenvalue weighted by atomic mass is 9.89. The number of hydrogen-bond acceptors (Lipinski definition) is 2. The summed E-state index contributed by atoms with van der Waals surface area (Å²) in [6, 6.07) is 3.74. The van der Waals surface area contributed by atoms with Crippen LogP contribution in [0.15, 0.2) is 12.1 Å². The minimum atomic E-state index is 0.0000381. The summed E-state index contributed by atoms with van der Waals surface area (Å²) >= 11 is 12.5. The first-order chi connectivity index (χ1) is 10.5. The average Bonchev–Trinajstić information content (AvgIpc) is 2.94. The fourth-order valence-corrected chi connectivity index (χ4v) is 4.75. The molecule has 3 nitrogen and oxygen atoms in total. The van der Waals surface area contributed by atoms with Crippen LogP contribution >= 0.6 is 23.2 Å². The molecule has 1 aliphatic heterocycles. The highest BCUT2D eigenvalue weighted by Gasteiger charge is 2.38. The molecule has 3 rings (SSSR count). The van der Waals surface area contributed by atoms with Gasteiger partial charge in [0, 0.05) is 22.5 Å². The zero-order valence-corrected chi connectivity index (χ0v) is 14.3. The van der Waals surface area contributed by atoms with Gasteiger partial charge in [0.2, 0.25) is 5.91 Å². The summed E-state index contributed by atoms with van der Waals surface area (Å²) in [5, 5.41) is 1.32. The second kappa shape index (κ2) is 6.38. The van der Waals surface area contributed by atoms with Crippen molar-refractivity contribution in [2.75, 3.05) is 13.1 Å². The smallest absolute Gasteiger partial charge is 0.226 e. The molecule has 3 atom stereocenters. The molecule has 0 saturated heterocycles. The highest BCUT2D eigenvalue weighted by atomic mass is 35.5. The lowest BCUT2D eigenvalue weighted by molar-refractivity contribution is -0.139. The van der Waals surface area contributed by atoms with Crippen LogP contribution in [0.25, 0.3) is 0 Å². The van der Waals surface area contributed by atoms with Gasteiger partial charge in [0.1, 0.15) is 0 Å². The fraction of sp³-hybridized carbons (Fsp3) is 0.588. The summed E-state index contributed by atoms with van der Waals surface area (Å²) in [6.45, 7) is 3.39. The molecule has 1 amide bonds. The number of halogens is 2. The summed E-state index contributed by atoms with van der Waals surface area (Å²) in [7, 11) is 0. The summed E-state index contributed by atoms with van der Waals surface area (Å²) in [5.74, 6) is 0.666. The molecule has 120 valence electrons. The Morgan fingerprint density at radius 2 is 2.14 bits per heavy atom. The van der Waals surface area contributed by atoms with Gasteiger partial charge >= 0.3 is 0 Å². The molecule has 2 aliphatic rings. The van der Waals surface area contributed by atoms with E-state index in [1.165, 1.54) is 0 Å². The predicted octanol–water partition coefficient (Wildman–Crippen LogP) is 3.81. The zero-order chi connectivity index (χ0) is 15.9.